The lowest BCUT2D eigenvalue weighted by atomic mass is 10.1. The van der Waals surface area contributed by atoms with Crippen molar-refractivity contribution in [3.05, 3.63) is 11.8 Å². The predicted octanol–water partition coefficient (Wildman–Crippen LogP) is 3.55. The standard InChI is InChI=1S/C12H22N2O/c1-2-3-4-5-6-7-8-9-11-10-12(13)14-15-11/h10H,2-9H2,1H3,(H2,13,14). The highest BCUT2D eigenvalue weighted by Gasteiger charge is 2.00. The first-order valence-electron chi connectivity index (χ1n) is 6.04. The van der Waals surface area contributed by atoms with Gasteiger partial charge in [-0.15, -0.1) is 0 Å². The molecule has 0 unspecified atom stereocenters. The van der Waals surface area contributed by atoms with E-state index in [9.17, 15) is 0 Å². The maximum atomic E-state index is 5.46. The van der Waals surface area contributed by atoms with Crippen LogP contribution in [-0.4, -0.2) is 5.16 Å². The fourth-order valence-corrected chi connectivity index (χ4v) is 1.70. The van der Waals surface area contributed by atoms with Crippen molar-refractivity contribution in [3.63, 3.8) is 0 Å². The predicted molar refractivity (Wildman–Crippen MR) is 62.6 cm³/mol. The zero-order valence-corrected chi connectivity index (χ0v) is 9.67. The Morgan fingerprint density at radius 3 is 2.40 bits per heavy atom. The average molecular weight is 210 g/mol. The number of nitrogens with zero attached hydrogens (tertiary/aromatic N) is 1. The van der Waals surface area contributed by atoms with Crippen molar-refractivity contribution in [2.75, 3.05) is 5.73 Å². The number of unbranched alkanes of at least 4 members (excludes halogenated alkanes) is 6. The molecule has 3 heteroatoms. The Bertz CT molecular complexity index is 258. The first-order valence-corrected chi connectivity index (χ1v) is 6.04. The van der Waals surface area contributed by atoms with Gasteiger partial charge in [0.2, 0.25) is 0 Å². The van der Waals surface area contributed by atoms with E-state index in [0.717, 1.165) is 12.2 Å². The van der Waals surface area contributed by atoms with Crippen molar-refractivity contribution in [3.8, 4) is 0 Å². The molecule has 3 nitrogen and oxygen atoms in total. The molecule has 0 bridgehead atoms. The summed E-state index contributed by atoms with van der Waals surface area (Å²) in [6.07, 6.45) is 10.2. The zero-order chi connectivity index (χ0) is 10.9. The topological polar surface area (TPSA) is 52.0 Å². The van der Waals surface area contributed by atoms with Crippen LogP contribution in [0.15, 0.2) is 10.6 Å². The minimum Gasteiger partial charge on any atom is -0.381 e. The SMILES string of the molecule is CCCCCCCCCc1cc(N)no1. The monoisotopic (exact) mass is 210 g/mol. The van der Waals surface area contributed by atoms with E-state index >= 15 is 0 Å². The van der Waals surface area contributed by atoms with Gasteiger partial charge >= 0.3 is 0 Å². The molecule has 0 aliphatic carbocycles. The zero-order valence-electron chi connectivity index (χ0n) is 9.67. The lowest BCUT2D eigenvalue weighted by Gasteiger charge is -1.99. The van der Waals surface area contributed by atoms with E-state index in [0.29, 0.717) is 5.82 Å². The summed E-state index contributed by atoms with van der Waals surface area (Å²) >= 11 is 0. The smallest absolute Gasteiger partial charge is 0.167 e. The van der Waals surface area contributed by atoms with Crippen LogP contribution in [0.3, 0.4) is 0 Å². The van der Waals surface area contributed by atoms with E-state index in [1.807, 2.05) is 6.07 Å². The number of rotatable bonds is 8. The van der Waals surface area contributed by atoms with Crippen LogP contribution >= 0.6 is 0 Å². The van der Waals surface area contributed by atoms with Crippen molar-refractivity contribution in [2.24, 2.45) is 0 Å². The first kappa shape index (κ1) is 12.1. The number of hydrogen-bond acceptors (Lipinski definition) is 3. The number of anilines is 1. The van der Waals surface area contributed by atoms with E-state index in [2.05, 4.69) is 12.1 Å². The molecule has 0 aliphatic heterocycles. The van der Waals surface area contributed by atoms with Gasteiger partial charge in [-0.3, -0.25) is 0 Å². The maximum absolute atomic E-state index is 5.46. The molecule has 86 valence electrons. The van der Waals surface area contributed by atoms with Gasteiger partial charge in [0.05, 0.1) is 0 Å². The summed E-state index contributed by atoms with van der Waals surface area (Å²) in [5.74, 6) is 1.41. The molecule has 0 aliphatic rings. The van der Waals surface area contributed by atoms with Crippen molar-refractivity contribution in [1.29, 1.82) is 0 Å². The average Bonchev–Trinajstić information content (AvgIpc) is 2.63. The highest BCUT2D eigenvalue weighted by atomic mass is 16.5. The van der Waals surface area contributed by atoms with Crippen LogP contribution in [0.4, 0.5) is 5.82 Å². The molecule has 2 N–H and O–H groups in total. The fourth-order valence-electron chi connectivity index (χ4n) is 1.70. The summed E-state index contributed by atoms with van der Waals surface area (Å²) in [7, 11) is 0. The van der Waals surface area contributed by atoms with Gasteiger partial charge in [0.1, 0.15) is 5.76 Å². The molecule has 15 heavy (non-hydrogen) atoms. The van der Waals surface area contributed by atoms with Crippen LogP contribution in [0.25, 0.3) is 0 Å². The third-order valence-electron chi connectivity index (χ3n) is 2.60. The molecular formula is C12H22N2O. The van der Waals surface area contributed by atoms with E-state index < -0.39 is 0 Å². The Morgan fingerprint density at radius 2 is 1.80 bits per heavy atom. The van der Waals surface area contributed by atoms with E-state index in [1.54, 1.807) is 0 Å². The Balaban J connectivity index is 1.93. The number of aromatic nitrogens is 1. The molecule has 1 rings (SSSR count). The molecule has 0 amide bonds. The molecule has 1 aromatic heterocycles. The van der Waals surface area contributed by atoms with Gasteiger partial charge in [0, 0.05) is 12.5 Å². The second-order valence-corrected chi connectivity index (χ2v) is 4.09. The summed E-state index contributed by atoms with van der Waals surface area (Å²) < 4.78 is 5.03. The molecule has 0 fully saturated rings. The molecule has 0 spiro atoms. The summed E-state index contributed by atoms with van der Waals surface area (Å²) in [6.45, 7) is 2.24. The summed E-state index contributed by atoms with van der Waals surface area (Å²) in [6, 6.07) is 1.82. The van der Waals surface area contributed by atoms with Crippen molar-refractivity contribution in [1.82, 2.24) is 5.16 Å². The molecule has 0 saturated carbocycles. The van der Waals surface area contributed by atoms with Gasteiger partial charge in [-0.2, -0.15) is 0 Å². The normalized spacial score (nSPS) is 10.7. The van der Waals surface area contributed by atoms with Gasteiger partial charge < -0.3 is 10.3 Å². The van der Waals surface area contributed by atoms with E-state index in [1.165, 1.54) is 44.9 Å². The fraction of sp³-hybridized carbons (Fsp3) is 0.750. The number of hydrogen-bond donors (Lipinski definition) is 1. The molecule has 1 aromatic rings. The van der Waals surface area contributed by atoms with Crippen molar-refractivity contribution < 1.29 is 4.52 Å². The minimum atomic E-state index is 0.493. The Hall–Kier alpha value is -0.990. The van der Waals surface area contributed by atoms with Crippen LogP contribution in [0, 0.1) is 0 Å². The van der Waals surface area contributed by atoms with Gasteiger partial charge in [-0.05, 0) is 6.42 Å². The Morgan fingerprint density at radius 1 is 1.13 bits per heavy atom. The minimum absolute atomic E-state index is 0.493. The second kappa shape index (κ2) is 7.32. The molecule has 0 saturated heterocycles. The largest absolute Gasteiger partial charge is 0.381 e. The quantitative estimate of drug-likeness (QED) is 0.667. The van der Waals surface area contributed by atoms with Gasteiger partial charge in [-0.1, -0.05) is 50.6 Å². The second-order valence-electron chi connectivity index (χ2n) is 4.09. The van der Waals surface area contributed by atoms with Crippen LogP contribution in [0.5, 0.6) is 0 Å². The summed E-state index contributed by atoms with van der Waals surface area (Å²) in [5, 5.41) is 3.66. The third-order valence-corrected chi connectivity index (χ3v) is 2.60. The molecule has 0 radical (unpaired) electrons. The molecule has 0 aromatic carbocycles. The van der Waals surface area contributed by atoms with Crippen molar-refractivity contribution >= 4 is 5.82 Å². The maximum Gasteiger partial charge on any atom is 0.167 e. The van der Waals surface area contributed by atoms with Gasteiger partial charge in [0.15, 0.2) is 5.82 Å². The first-order chi connectivity index (χ1) is 7.33. The van der Waals surface area contributed by atoms with E-state index in [4.69, 9.17) is 10.3 Å². The van der Waals surface area contributed by atoms with Gasteiger partial charge in [0.25, 0.3) is 0 Å². The van der Waals surface area contributed by atoms with Gasteiger partial charge in [-0.25, -0.2) is 0 Å². The third kappa shape index (κ3) is 5.45. The summed E-state index contributed by atoms with van der Waals surface area (Å²) in [5.41, 5.74) is 5.46. The van der Waals surface area contributed by atoms with Crippen LogP contribution < -0.4 is 5.73 Å². The number of aryl methyl sites for hydroxylation is 1. The van der Waals surface area contributed by atoms with Crippen LogP contribution in [-0.2, 0) is 6.42 Å². The Labute approximate surface area is 92.0 Å². The highest BCUT2D eigenvalue weighted by Crippen LogP contribution is 2.11. The lowest BCUT2D eigenvalue weighted by molar-refractivity contribution is 0.381. The summed E-state index contributed by atoms with van der Waals surface area (Å²) in [4.78, 5) is 0. The van der Waals surface area contributed by atoms with Crippen molar-refractivity contribution in [2.45, 2.75) is 58.3 Å². The van der Waals surface area contributed by atoms with Crippen LogP contribution in [0.1, 0.15) is 57.6 Å². The molecule has 0 atom stereocenters. The number of nitrogen functional groups attached to an aromatic ring is 1. The number of nitrogens with two attached hydrogens (primary N) is 1. The van der Waals surface area contributed by atoms with E-state index in [-0.39, 0.29) is 0 Å². The highest BCUT2D eigenvalue weighted by molar-refractivity contribution is 5.26. The molecular weight excluding hydrogens is 188 g/mol. The Kier molecular flexibility index (Phi) is 5.90. The lowest BCUT2D eigenvalue weighted by Crippen LogP contribution is -1.84. The van der Waals surface area contributed by atoms with Crippen LogP contribution in [0.2, 0.25) is 0 Å². The molecule has 1 heterocycles.